The van der Waals surface area contributed by atoms with Crippen LogP contribution in [0.4, 0.5) is 0 Å². The van der Waals surface area contributed by atoms with Crippen LogP contribution in [0, 0.1) is 0 Å². The number of ether oxygens (including phenoxy) is 2. The molecule has 1 heterocycles. The van der Waals surface area contributed by atoms with E-state index in [0.717, 1.165) is 43.7 Å². The number of pyridine rings is 1. The Hall–Kier alpha value is -2.56. The lowest BCUT2D eigenvalue weighted by molar-refractivity contribution is -0.127. The van der Waals surface area contributed by atoms with Crippen LogP contribution in [0.5, 0.6) is 11.5 Å². The van der Waals surface area contributed by atoms with Crippen molar-refractivity contribution in [1.82, 2.24) is 9.88 Å². The van der Waals surface area contributed by atoms with Crippen LogP contribution in [0.3, 0.4) is 0 Å². The number of methoxy groups -OCH3 is 2. The molecule has 5 heteroatoms. The minimum atomic E-state index is -0.0563. The van der Waals surface area contributed by atoms with Gasteiger partial charge in [-0.1, -0.05) is 12.1 Å². The van der Waals surface area contributed by atoms with Crippen molar-refractivity contribution in [3.05, 3.63) is 53.3 Å². The number of carbonyl (C=O) groups excluding carboxylic acids is 1. The molecule has 0 spiro atoms. The number of hydrogen-bond acceptors (Lipinski definition) is 4. The monoisotopic (exact) mass is 368 g/mol. The number of aryl methyl sites for hydroxylation is 1. The third-order valence-corrected chi connectivity index (χ3v) is 5.81. The van der Waals surface area contributed by atoms with Gasteiger partial charge in [-0.25, -0.2) is 0 Å². The molecule has 0 aliphatic heterocycles. The normalized spacial score (nSPS) is 18.5. The van der Waals surface area contributed by atoms with Crippen LogP contribution in [0.1, 0.15) is 36.6 Å². The average molecular weight is 368 g/mol. The SMILES string of the molecule is COc1ccc(C2(CCN(C)C(C)=O)CCc3ncccc3C2)cc1OC. The molecule has 144 valence electrons. The molecule has 1 aliphatic carbocycles. The Bertz CT molecular complexity index is 821. The molecule has 1 atom stereocenters. The van der Waals surface area contributed by atoms with Crippen molar-refractivity contribution >= 4 is 5.91 Å². The molecule has 3 rings (SSSR count). The highest BCUT2D eigenvalue weighted by Crippen LogP contribution is 2.43. The van der Waals surface area contributed by atoms with E-state index in [1.165, 1.54) is 16.8 Å². The quantitative estimate of drug-likeness (QED) is 0.784. The van der Waals surface area contributed by atoms with Crippen molar-refractivity contribution in [3.63, 3.8) is 0 Å². The number of aromatic nitrogens is 1. The third-order valence-electron chi connectivity index (χ3n) is 5.81. The van der Waals surface area contributed by atoms with Gasteiger partial charge in [0.25, 0.3) is 0 Å². The molecule has 0 N–H and O–H groups in total. The van der Waals surface area contributed by atoms with Crippen LogP contribution in [0.2, 0.25) is 0 Å². The van der Waals surface area contributed by atoms with Gasteiger partial charge in [-0.15, -0.1) is 0 Å². The summed E-state index contributed by atoms with van der Waals surface area (Å²) >= 11 is 0. The van der Waals surface area contributed by atoms with Crippen LogP contribution in [0.25, 0.3) is 0 Å². The summed E-state index contributed by atoms with van der Waals surface area (Å²) < 4.78 is 11.0. The Morgan fingerprint density at radius 2 is 2.00 bits per heavy atom. The average Bonchev–Trinajstić information content (AvgIpc) is 2.71. The van der Waals surface area contributed by atoms with Gasteiger partial charge in [-0.2, -0.15) is 0 Å². The molecule has 2 aromatic rings. The van der Waals surface area contributed by atoms with E-state index in [9.17, 15) is 4.79 Å². The van der Waals surface area contributed by atoms with E-state index in [2.05, 4.69) is 23.2 Å². The van der Waals surface area contributed by atoms with E-state index in [0.29, 0.717) is 0 Å². The lowest BCUT2D eigenvalue weighted by Gasteiger charge is -2.39. The molecule has 0 saturated heterocycles. The largest absolute Gasteiger partial charge is 0.493 e. The van der Waals surface area contributed by atoms with Gasteiger partial charge in [0.05, 0.1) is 14.2 Å². The second-order valence-corrected chi connectivity index (χ2v) is 7.33. The fourth-order valence-electron chi connectivity index (χ4n) is 3.98. The summed E-state index contributed by atoms with van der Waals surface area (Å²) in [5.41, 5.74) is 3.66. The lowest BCUT2D eigenvalue weighted by Crippen LogP contribution is -2.38. The van der Waals surface area contributed by atoms with Crippen molar-refractivity contribution in [2.24, 2.45) is 0 Å². The first kappa shape index (κ1) is 19.2. The maximum absolute atomic E-state index is 11.7. The molecular formula is C22H28N2O3. The number of carbonyl (C=O) groups is 1. The second kappa shape index (κ2) is 7.99. The fraction of sp³-hybridized carbons (Fsp3) is 0.455. The Labute approximate surface area is 161 Å². The van der Waals surface area contributed by atoms with Crippen LogP contribution >= 0.6 is 0 Å². The number of fused-ring (bicyclic) bond motifs is 1. The van der Waals surface area contributed by atoms with Gasteiger partial charge in [0, 0.05) is 37.8 Å². The smallest absolute Gasteiger partial charge is 0.219 e. The van der Waals surface area contributed by atoms with E-state index in [1.54, 1.807) is 26.0 Å². The molecule has 1 aromatic heterocycles. The van der Waals surface area contributed by atoms with Crippen LogP contribution in [-0.2, 0) is 23.1 Å². The number of nitrogens with zero attached hydrogens (tertiary/aromatic N) is 2. The highest BCUT2D eigenvalue weighted by Gasteiger charge is 2.37. The highest BCUT2D eigenvalue weighted by atomic mass is 16.5. The zero-order chi connectivity index (χ0) is 19.4. The molecule has 1 unspecified atom stereocenters. The molecule has 0 radical (unpaired) electrons. The number of hydrogen-bond donors (Lipinski definition) is 0. The number of amides is 1. The van der Waals surface area contributed by atoms with Gasteiger partial charge in [0.2, 0.25) is 5.91 Å². The zero-order valence-corrected chi connectivity index (χ0v) is 16.6. The molecule has 0 saturated carbocycles. The maximum Gasteiger partial charge on any atom is 0.219 e. The minimum absolute atomic E-state index is 0.0563. The van der Waals surface area contributed by atoms with Gasteiger partial charge in [-0.3, -0.25) is 9.78 Å². The Balaban J connectivity index is 1.99. The summed E-state index contributed by atoms with van der Waals surface area (Å²) in [7, 11) is 5.18. The first-order chi connectivity index (χ1) is 13.0. The number of benzene rings is 1. The first-order valence-electron chi connectivity index (χ1n) is 9.36. The lowest BCUT2D eigenvalue weighted by atomic mass is 9.66. The standard InChI is InChI=1S/C22H28N2O3/c1-16(25)24(2)13-11-22(10-9-19-17(15-22)6-5-12-23-19)18-7-8-20(26-3)21(14-18)27-4/h5-8,12,14H,9-11,13,15H2,1-4H3. The van der Waals surface area contributed by atoms with Crippen molar-refractivity contribution < 1.29 is 14.3 Å². The van der Waals surface area contributed by atoms with Crippen LogP contribution in [0.15, 0.2) is 36.5 Å². The topological polar surface area (TPSA) is 51.7 Å². The summed E-state index contributed by atoms with van der Waals surface area (Å²) in [5.74, 6) is 1.57. The van der Waals surface area contributed by atoms with Gasteiger partial charge in [0.15, 0.2) is 11.5 Å². The van der Waals surface area contributed by atoms with Crippen molar-refractivity contribution in [3.8, 4) is 11.5 Å². The van der Waals surface area contributed by atoms with E-state index in [-0.39, 0.29) is 11.3 Å². The van der Waals surface area contributed by atoms with Crippen molar-refractivity contribution in [2.45, 2.75) is 38.0 Å². The Kier molecular flexibility index (Phi) is 5.68. The summed E-state index contributed by atoms with van der Waals surface area (Å²) in [6.45, 7) is 2.34. The molecule has 5 nitrogen and oxygen atoms in total. The van der Waals surface area contributed by atoms with Crippen LogP contribution in [-0.4, -0.2) is 43.6 Å². The second-order valence-electron chi connectivity index (χ2n) is 7.33. The van der Waals surface area contributed by atoms with Gasteiger partial charge >= 0.3 is 0 Å². The molecule has 27 heavy (non-hydrogen) atoms. The molecule has 1 aliphatic rings. The van der Waals surface area contributed by atoms with E-state index >= 15 is 0 Å². The Morgan fingerprint density at radius 3 is 2.70 bits per heavy atom. The summed E-state index contributed by atoms with van der Waals surface area (Å²) in [6, 6.07) is 10.4. The fourth-order valence-corrected chi connectivity index (χ4v) is 3.98. The highest BCUT2D eigenvalue weighted by molar-refractivity contribution is 5.72. The summed E-state index contributed by atoms with van der Waals surface area (Å²) in [4.78, 5) is 18.1. The number of rotatable bonds is 6. The van der Waals surface area contributed by atoms with Crippen LogP contribution < -0.4 is 9.47 Å². The third kappa shape index (κ3) is 3.92. The first-order valence-corrected chi connectivity index (χ1v) is 9.36. The van der Waals surface area contributed by atoms with Gasteiger partial charge < -0.3 is 14.4 Å². The molecular weight excluding hydrogens is 340 g/mol. The van der Waals surface area contributed by atoms with E-state index in [4.69, 9.17) is 9.47 Å². The van der Waals surface area contributed by atoms with Crippen molar-refractivity contribution in [2.75, 3.05) is 27.8 Å². The predicted molar refractivity (Wildman–Crippen MR) is 105 cm³/mol. The predicted octanol–water partition coefficient (Wildman–Crippen LogP) is 3.39. The molecule has 1 aromatic carbocycles. The maximum atomic E-state index is 11.7. The van der Waals surface area contributed by atoms with Gasteiger partial charge in [-0.05, 0) is 55.0 Å². The summed E-state index contributed by atoms with van der Waals surface area (Å²) in [6.07, 6.45) is 5.61. The minimum Gasteiger partial charge on any atom is -0.493 e. The Morgan fingerprint density at radius 1 is 1.22 bits per heavy atom. The molecule has 0 bridgehead atoms. The molecule has 1 amide bonds. The van der Waals surface area contributed by atoms with E-state index < -0.39 is 0 Å². The van der Waals surface area contributed by atoms with Gasteiger partial charge in [0.1, 0.15) is 0 Å². The summed E-state index contributed by atoms with van der Waals surface area (Å²) in [5, 5.41) is 0. The zero-order valence-electron chi connectivity index (χ0n) is 16.6. The van der Waals surface area contributed by atoms with Crippen molar-refractivity contribution in [1.29, 1.82) is 0 Å². The molecule has 0 fully saturated rings. The van der Waals surface area contributed by atoms with E-state index in [1.807, 2.05) is 25.4 Å².